The summed E-state index contributed by atoms with van der Waals surface area (Å²) in [6.07, 6.45) is 3.61. The van der Waals surface area contributed by atoms with E-state index in [0.717, 1.165) is 18.5 Å². The van der Waals surface area contributed by atoms with Gasteiger partial charge in [0.1, 0.15) is 5.75 Å². The van der Waals surface area contributed by atoms with Crippen LogP contribution < -0.4 is 15.8 Å². The number of hydrogen-bond donors (Lipinski definition) is 2. The summed E-state index contributed by atoms with van der Waals surface area (Å²) < 4.78 is 16.5. The van der Waals surface area contributed by atoms with Crippen molar-refractivity contribution in [1.82, 2.24) is 0 Å². The zero-order valence-electron chi connectivity index (χ0n) is 11.5. The molecule has 1 fully saturated rings. The van der Waals surface area contributed by atoms with Crippen LogP contribution in [-0.2, 0) is 10.8 Å². The molecule has 1 aliphatic rings. The number of guanidine groups is 1. The standard InChI is InChI=1S/C13H18ClN3O2S/c1-19-11-4-3-9(7-10(11)14)17-12(15)16-8-13(5-6-13)20(2)18/h3-4,7H,5-6,8H2,1-2H3,(H3,15,16,17). The summed E-state index contributed by atoms with van der Waals surface area (Å²) >= 11 is 6.03. The summed E-state index contributed by atoms with van der Waals surface area (Å²) in [5.74, 6) is 0.897. The quantitative estimate of drug-likeness (QED) is 0.643. The molecule has 0 aromatic heterocycles. The van der Waals surface area contributed by atoms with Crippen LogP contribution in [0.3, 0.4) is 0 Å². The molecule has 7 heteroatoms. The molecule has 1 unspecified atom stereocenters. The van der Waals surface area contributed by atoms with E-state index in [1.807, 2.05) is 0 Å². The Hall–Kier alpha value is -1.27. The van der Waals surface area contributed by atoms with E-state index in [4.69, 9.17) is 22.1 Å². The molecule has 0 aliphatic heterocycles. The van der Waals surface area contributed by atoms with E-state index in [9.17, 15) is 4.21 Å². The van der Waals surface area contributed by atoms with Crippen LogP contribution in [0.1, 0.15) is 12.8 Å². The van der Waals surface area contributed by atoms with Gasteiger partial charge in [-0.25, -0.2) is 0 Å². The van der Waals surface area contributed by atoms with Crippen LogP contribution in [0.15, 0.2) is 23.2 Å². The van der Waals surface area contributed by atoms with E-state index in [2.05, 4.69) is 10.3 Å². The van der Waals surface area contributed by atoms with Gasteiger partial charge in [0.05, 0.1) is 23.4 Å². The van der Waals surface area contributed by atoms with Crippen LogP contribution in [0.5, 0.6) is 5.75 Å². The summed E-state index contributed by atoms with van der Waals surface area (Å²) in [5.41, 5.74) is 6.56. The fourth-order valence-electron chi connectivity index (χ4n) is 1.84. The Morgan fingerprint density at radius 1 is 1.60 bits per heavy atom. The van der Waals surface area contributed by atoms with Crippen molar-refractivity contribution < 1.29 is 8.95 Å². The molecular formula is C13H18ClN3O2S. The molecule has 1 aromatic rings. The van der Waals surface area contributed by atoms with Crippen molar-refractivity contribution in [2.45, 2.75) is 17.6 Å². The Bertz CT molecular complexity index is 559. The van der Waals surface area contributed by atoms with Crippen molar-refractivity contribution in [3.05, 3.63) is 23.2 Å². The normalized spacial score (nSPS) is 18.4. The van der Waals surface area contributed by atoms with E-state index < -0.39 is 10.8 Å². The van der Waals surface area contributed by atoms with Crippen molar-refractivity contribution in [3.63, 3.8) is 0 Å². The minimum atomic E-state index is -0.864. The Balaban J connectivity index is 1.99. The first kappa shape index (κ1) is 15.1. The molecule has 0 radical (unpaired) electrons. The highest BCUT2D eigenvalue weighted by molar-refractivity contribution is 7.86. The first-order valence-corrected chi connectivity index (χ1v) is 8.14. The number of anilines is 1. The fraction of sp³-hybridized carbons (Fsp3) is 0.462. The molecule has 110 valence electrons. The highest BCUT2D eigenvalue weighted by Gasteiger charge is 2.46. The molecule has 0 bridgehead atoms. The van der Waals surface area contributed by atoms with Gasteiger partial charge in [0.2, 0.25) is 0 Å². The third kappa shape index (κ3) is 3.43. The SMILES string of the molecule is COc1ccc(NC(N)=NCC2(S(C)=O)CC2)cc1Cl. The van der Waals surface area contributed by atoms with Crippen LogP contribution in [0.25, 0.3) is 0 Å². The number of methoxy groups -OCH3 is 1. The van der Waals surface area contributed by atoms with Crippen LogP contribution in [-0.4, -0.2) is 34.8 Å². The first-order chi connectivity index (χ1) is 9.47. The third-order valence-electron chi connectivity index (χ3n) is 3.38. The van der Waals surface area contributed by atoms with Gasteiger partial charge in [0.25, 0.3) is 0 Å². The monoisotopic (exact) mass is 315 g/mol. The maximum atomic E-state index is 11.6. The minimum absolute atomic E-state index is 0.163. The van der Waals surface area contributed by atoms with Crippen molar-refractivity contribution in [3.8, 4) is 5.75 Å². The van der Waals surface area contributed by atoms with Gasteiger partial charge < -0.3 is 15.8 Å². The second-order valence-corrected chi connectivity index (χ2v) is 6.99. The predicted molar refractivity (Wildman–Crippen MR) is 84.1 cm³/mol. The molecule has 3 N–H and O–H groups in total. The number of ether oxygens (including phenoxy) is 1. The number of nitrogens with two attached hydrogens (primary N) is 1. The molecule has 1 aliphatic carbocycles. The van der Waals surface area contributed by atoms with Crippen LogP contribution in [0, 0.1) is 0 Å². The molecule has 0 spiro atoms. The van der Waals surface area contributed by atoms with Gasteiger partial charge in [-0.3, -0.25) is 9.20 Å². The highest BCUT2D eigenvalue weighted by atomic mass is 35.5. The number of nitrogens with one attached hydrogen (secondary N) is 1. The molecule has 0 amide bonds. The summed E-state index contributed by atoms with van der Waals surface area (Å²) in [7, 11) is 0.696. The largest absolute Gasteiger partial charge is 0.495 e. The first-order valence-electron chi connectivity index (χ1n) is 6.21. The second kappa shape index (κ2) is 6.01. The summed E-state index contributed by atoms with van der Waals surface area (Å²) in [5, 5.41) is 3.46. The molecular weight excluding hydrogens is 298 g/mol. The molecule has 5 nitrogen and oxygen atoms in total. The van der Waals surface area contributed by atoms with Gasteiger partial charge in [-0.15, -0.1) is 0 Å². The lowest BCUT2D eigenvalue weighted by molar-refractivity contribution is 0.415. The van der Waals surface area contributed by atoms with Crippen LogP contribution in [0.2, 0.25) is 5.02 Å². The zero-order chi connectivity index (χ0) is 14.8. The Kier molecular flexibility index (Phi) is 4.55. The predicted octanol–water partition coefficient (Wildman–Crippen LogP) is 1.99. The minimum Gasteiger partial charge on any atom is -0.495 e. The van der Waals surface area contributed by atoms with Crippen molar-refractivity contribution in [1.29, 1.82) is 0 Å². The zero-order valence-corrected chi connectivity index (χ0v) is 13.1. The summed E-state index contributed by atoms with van der Waals surface area (Å²) in [6.45, 7) is 0.485. The molecule has 0 saturated heterocycles. The number of rotatable bonds is 5. The molecule has 1 aromatic carbocycles. The number of benzene rings is 1. The lowest BCUT2D eigenvalue weighted by Crippen LogP contribution is -2.27. The lowest BCUT2D eigenvalue weighted by Gasteiger charge is -2.11. The van der Waals surface area contributed by atoms with Gasteiger partial charge in [-0.05, 0) is 31.0 Å². The number of nitrogens with zero attached hydrogens (tertiary/aromatic N) is 1. The van der Waals surface area contributed by atoms with E-state index >= 15 is 0 Å². The Morgan fingerprint density at radius 3 is 2.80 bits per heavy atom. The number of hydrogen-bond acceptors (Lipinski definition) is 3. The molecule has 1 atom stereocenters. The molecule has 1 saturated carbocycles. The smallest absolute Gasteiger partial charge is 0.193 e. The van der Waals surface area contributed by atoms with Gasteiger partial charge in [0.15, 0.2) is 5.96 Å². The Labute approximate surface area is 126 Å². The van der Waals surface area contributed by atoms with Crippen molar-refractivity contribution in [2.75, 3.05) is 25.2 Å². The average molecular weight is 316 g/mol. The molecule has 2 rings (SSSR count). The topological polar surface area (TPSA) is 76.7 Å². The lowest BCUT2D eigenvalue weighted by atomic mass is 10.3. The Morgan fingerprint density at radius 2 is 2.30 bits per heavy atom. The van der Waals surface area contributed by atoms with Crippen LogP contribution >= 0.6 is 11.6 Å². The summed E-state index contributed by atoms with van der Waals surface area (Å²) in [6, 6.07) is 5.27. The van der Waals surface area contributed by atoms with E-state index in [1.54, 1.807) is 31.6 Å². The van der Waals surface area contributed by atoms with Crippen molar-refractivity contribution in [2.24, 2.45) is 10.7 Å². The number of halogens is 1. The third-order valence-corrected chi connectivity index (χ3v) is 5.43. The number of aliphatic imine (C=N–C) groups is 1. The maximum Gasteiger partial charge on any atom is 0.193 e. The van der Waals surface area contributed by atoms with E-state index in [0.29, 0.717) is 23.3 Å². The van der Waals surface area contributed by atoms with Gasteiger partial charge >= 0.3 is 0 Å². The summed E-state index contributed by atoms with van der Waals surface area (Å²) in [4.78, 5) is 4.26. The maximum absolute atomic E-state index is 11.6. The molecule has 20 heavy (non-hydrogen) atoms. The van der Waals surface area contributed by atoms with E-state index in [1.165, 1.54) is 0 Å². The van der Waals surface area contributed by atoms with Crippen molar-refractivity contribution >= 4 is 34.0 Å². The fourth-order valence-corrected chi connectivity index (χ4v) is 3.02. The van der Waals surface area contributed by atoms with E-state index in [-0.39, 0.29) is 4.75 Å². The highest BCUT2D eigenvalue weighted by Crippen LogP contribution is 2.41. The molecule has 0 heterocycles. The van der Waals surface area contributed by atoms with Gasteiger partial charge in [-0.1, -0.05) is 11.6 Å². The second-order valence-electron chi connectivity index (χ2n) is 4.81. The van der Waals surface area contributed by atoms with Gasteiger partial charge in [0, 0.05) is 22.7 Å². The average Bonchev–Trinajstić information content (AvgIpc) is 3.18. The van der Waals surface area contributed by atoms with Gasteiger partial charge in [-0.2, -0.15) is 0 Å². The van der Waals surface area contributed by atoms with Crippen LogP contribution in [0.4, 0.5) is 5.69 Å².